The Morgan fingerprint density at radius 1 is 1.25 bits per heavy atom. The molecule has 0 bridgehead atoms. The standard InChI is InChI=1S/C5H12N2.H2O/c1-6-7-4-2-3-5-7;/h6H,2-5H2,1H3;1H2. The first-order valence-corrected chi connectivity index (χ1v) is 2.97. The summed E-state index contributed by atoms with van der Waals surface area (Å²) in [5.41, 5.74) is 2.17. The van der Waals surface area contributed by atoms with Crippen LogP contribution in [0.25, 0.3) is 0 Å². The molecule has 1 aliphatic heterocycles. The molecule has 0 aromatic heterocycles. The fourth-order valence-corrected chi connectivity index (χ4v) is 1.000. The van der Waals surface area contributed by atoms with E-state index in [1.165, 1.54) is 25.9 Å². The van der Waals surface area contributed by atoms with E-state index >= 15 is 0 Å². The SMILES string of the molecule is C[NH2+]N1CCCC1.[OH-]. The van der Waals surface area contributed by atoms with E-state index in [4.69, 9.17) is 0 Å². The molecule has 0 amide bonds. The Labute approximate surface area is 50.0 Å². The molecule has 0 radical (unpaired) electrons. The number of nitrogens with zero attached hydrogens (tertiary/aromatic N) is 1. The number of rotatable bonds is 1. The second-order valence-electron chi connectivity index (χ2n) is 2.00. The monoisotopic (exact) mass is 118 g/mol. The predicted octanol–water partition coefficient (Wildman–Crippen LogP) is -0.986. The zero-order valence-corrected chi connectivity index (χ0v) is 5.30. The molecule has 1 saturated heterocycles. The Morgan fingerprint density at radius 2 is 1.75 bits per heavy atom. The van der Waals surface area contributed by atoms with Gasteiger partial charge >= 0.3 is 0 Å². The summed E-state index contributed by atoms with van der Waals surface area (Å²) in [5, 5.41) is 2.36. The molecule has 0 aromatic carbocycles. The van der Waals surface area contributed by atoms with E-state index in [0.29, 0.717) is 0 Å². The van der Waals surface area contributed by atoms with Gasteiger partial charge in [-0.25, -0.2) is 0 Å². The first kappa shape index (κ1) is 7.88. The quantitative estimate of drug-likeness (QED) is 0.450. The third-order valence-electron chi connectivity index (χ3n) is 1.51. The van der Waals surface area contributed by atoms with Crippen LogP contribution in [0.1, 0.15) is 12.8 Å². The maximum absolute atomic E-state index is 2.36. The number of hydrogen-bond acceptors (Lipinski definition) is 2. The van der Waals surface area contributed by atoms with Crippen LogP contribution in [0.4, 0.5) is 0 Å². The molecule has 0 aliphatic carbocycles. The fraction of sp³-hybridized carbons (Fsp3) is 1.00. The van der Waals surface area contributed by atoms with Gasteiger partial charge in [0.05, 0.1) is 7.05 Å². The minimum atomic E-state index is 0. The first-order valence-electron chi connectivity index (χ1n) is 2.97. The highest BCUT2D eigenvalue weighted by Crippen LogP contribution is 1.99. The van der Waals surface area contributed by atoms with Crippen LogP contribution in [0.3, 0.4) is 0 Å². The van der Waals surface area contributed by atoms with Crippen LogP contribution in [0.5, 0.6) is 0 Å². The molecule has 0 atom stereocenters. The average molecular weight is 118 g/mol. The van der Waals surface area contributed by atoms with Crippen LogP contribution in [-0.2, 0) is 0 Å². The van der Waals surface area contributed by atoms with E-state index in [-0.39, 0.29) is 5.48 Å². The second kappa shape index (κ2) is 3.83. The molecule has 0 aromatic rings. The molecule has 0 spiro atoms. The van der Waals surface area contributed by atoms with E-state index in [1.807, 2.05) is 0 Å². The van der Waals surface area contributed by atoms with Gasteiger partial charge < -0.3 is 5.48 Å². The zero-order valence-electron chi connectivity index (χ0n) is 5.30. The molecular formula is C5H14N2O. The molecule has 3 nitrogen and oxygen atoms in total. The lowest BCUT2D eigenvalue weighted by atomic mass is 10.4. The van der Waals surface area contributed by atoms with Crippen LogP contribution >= 0.6 is 0 Å². The molecule has 1 rings (SSSR count). The van der Waals surface area contributed by atoms with Crippen LogP contribution in [0, 0.1) is 0 Å². The second-order valence-corrected chi connectivity index (χ2v) is 2.00. The fourth-order valence-electron chi connectivity index (χ4n) is 1.000. The number of hydrogen-bond donors (Lipinski definition) is 1. The molecular weight excluding hydrogens is 104 g/mol. The molecule has 3 heteroatoms. The van der Waals surface area contributed by atoms with Gasteiger partial charge in [0.1, 0.15) is 0 Å². The van der Waals surface area contributed by atoms with E-state index < -0.39 is 0 Å². The van der Waals surface area contributed by atoms with E-state index in [9.17, 15) is 0 Å². The summed E-state index contributed by atoms with van der Waals surface area (Å²) < 4.78 is 0. The summed E-state index contributed by atoms with van der Waals surface area (Å²) in [6.07, 6.45) is 2.79. The summed E-state index contributed by atoms with van der Waals surface area (Å²) in [6, 6.07) is 0. The van der Waals surface area contributed by atoms with Crippen LogP contribution in [-0.4, -0.2) is 30.6 Å². The van der Waals surface area contributed by atoms with Gasteiger partial charge in [0.25, 0.3) is 0 Å². The molecule has 1 aliphatic rings. The summed E-state index contributed by atoms with van der Waals surface area (Å²) in [7, 11) is 2.10. The van der Waals surface area contributed by atoms with Crippen molar-refractivity contribution in [1.29, 1.82) is 0 Å². The Bertz CT molecular complexity index is 52.4. The van der Waals surface area contributed by atoms with Gasteiger partial charge in [-0.15, -0.1) is 0 Å². The van der Waals surface area contributed by atoms with Crippen LogP contribution in [0.15, 0.2) is 0 Å². The number of quaternary nitrogens is 1. The lowest BCUT2D eigenvalue weighted by Crippen LogP contribution is -2.89. The molecule has 1 heterocycles. The smallest absolute Gasteiger partial charge is 0.0827 e. The highest BCUT2D eigenvalue weighted by molar-refractivity contribution is 4.54. The minimum absolute atomic E-state index is 0. The third kappa shape index (κ3) is 1.78. The van der Waals surface area contributed by atoms with Gasteiger partial charge in [0.15, 0.2) is 0 Å². The lowest BCUT2D eigenvalue weighted by Gasteiger charge is -2.05. The molecule has 8 heavy (non-hydrogen) atoms. The van der Waals surface area contributed by atoms with Crippen LogP contribution < -0.4 is 5.43 Å². The van der Waals surface area contributed by atoms with Gasteiger partial charge in [-0.1, -0.05) is 0 Å². The molecule has 50 valence electrons. The van der Waals surface area contributed by atoms with Crippen molar-refractivity contribution < 1.29 is 10.9 Å². The molecule has 0 saturated carbocycles. The molecule has 0 unspecified atom stereocenters. The Hall–Kier alpha value is -0.120. The van der Waals surface area contributed by atoms with Crippen molar-refractivity contribution in [2.24, 2.45) is 0 Å². The normalized spacial score (nSPS) is 20.6. The van der Waals surface area contributed by atoms with Crippen molar-refractivity contribution in [3.63, 3.8) is 0 Å². The average Bonchev–Trinajstić information content (AvgIpc) is 2.14. The summed E-state index contributed by atoms with van der Waals surface area (Å²) in [6.45, 7) is 2.58. The topological polar surface area (TPSA) is 49.9 Å². The largest absolute Gasteiger partial charge is 0.870 e. The van der Waals surface area contributed by atoms with Crippen molar-refractivity contribution in [1.82, 2.24) is 5.01 Å². The van der Waals surface area contributed by atoms with Gasteiger partial charge in [0, 0.05) is 13.1 Å². The van der Waals surface area contributed by atoms with Gasteiger partial charge in [-0.2, -0.15) is 5.01 Å². The maximum Gasteiger partial charge on any atom is 0.0827 e. The van der Waals surface area contributed by atoms with Gasteiger partial charge in [-0.3, -0.25) is 5.43 Å². The van der Waals surface area contributed by atoms with Gasteiger partial charge in [-0.05, 0) is 12.8 Å². The van der Waals surface area contributed by atoms with E-state index in [1.54, 1.807) is 0 Å². The van der Waals surface area contributed by atoms with E-state index in [0.717, 1.165) is 0 Å². The highest BCUT2D eigenvalue weighted by atomic mass is 16.0. The predicted molar refractivity (Wildman–Crippen MR) is 30.6 cm³/mol. The molecule has 3 N–H and O–H groups in total. The summed E-state index contributed by atoms with van der Waals surface area (Å²) >= 11 is 0. The van der Waals surface area contributed by atoms with Crippen molar-refractivity contribution in [2.75, 3.05) is 20.1 Å². The third-order valence-corrected chi connectivity index (χ3v) is 1.51. The molecule has 1 fully saturated rings. The van der Waals surface area contributed by atoms with Crippen LogP contribution in [0.2, 0.25) is 0 Å². The van der Waals surface area contributed by atoms with Crippen molar-refractivity contribution in [3.05, 3.63) is 0 Å². The summed E-state index contributed by atoms with van der Waals surface area (Å²) in [5.74, 6) is 0. The number of nitrogens with two attached hydrogens (primary N) is 1. The Balaban J connectivity index is 0.000000490. The van der Waals surface area contributed by atoms with Crippen molar-refractivity contribution in [3.8, 4) is 0 Å². The highest BCUT2D eigenvalue weighted by Gasteiger charge is 2.10. The van der Waals surface area contributed by atoms with E-state index in [2.05, 4.69) is 17.5 Å². The zero-order chi connectivity index (χ0) is 5.11. The Kier molecular flexibility index (Phi) is 3.77. The summed E-state index contributed by atoms with van der Waals surface area (Å²) in [4.78, 5) is 0. The van der Waals surface area contributed by atoms with Gasteiger partial charge in [0.2, 0.25) is 0 Å². The maximum atomic E-state index is 2.36. The first-order chi connectivity index (χ1) is 3.43. The minimum Gasteiger partial charge on any atom is -0.870 e. The van der Waals surface area contributed by atoms with Crippen molar-refractivity contribution in [2.45, 2.75) is 12.8 Å². The Morgan fingerprint density at radius 3 is 2.00 bits per heavy atom. The lowest BCUT2D eigenvalue weighted by molar-refractivity contribution is -0.779. The van der Waals surface area contributed by atoms with Crippen molar-refractivity contribution >= 4 is 0 Å².